The van der Waals surface area contributed by atoms with Gasteiger partial charge in [0.2, 0.25) is 0 Å². The molecule has 2 atom stereocenters. The van der Waals surface area contributed by atoms with E-state index in [0.717, 1.165) is 22.6 Å². The molecule has 0 saturated carbocycles. The van der Waals surface area contributed by atoms with Crippen LogP contribution in [-0.2, 0) is 16.0 Å². The van der Waals surface area contributed by atoms with Crippen molar-refractivity contribution in [2.24, 2.45) is 0 Å². The number of hydrogen-bond acceptors (Lipinski definition) is 7. The minimum absolute atomic E-state index is 0.0206. The standard InChI is InChI=1S/C26H18FN3O4S/c1-13-9-16-10-14(4-7-19(16)34-13)23(31)21-22(15-3-2-8-28-12-15)30(25(33)24(21)32)26-29-18-6-5-17(27)11-20(18)35-26/h2-8,10-13,22,31H,9H2,1H3/b23-21+/t13-,22+/m0/s1. The van der Waals surface area contributed by atoms with E-state index in [2.05, 4.69) is 9.97 Å². The Hall–Kier alpha value is -4.11. The Balaban J connectivity index is 1.53. The number of ether oxygens (including phenoxy) is 1. The third kappa shape index (κ3) is 3.47. The van der Waals surface area contributed by atoms with Crippen LogP contribution in [0.25, 0.3) is 16.0 Å². The van der Waals surface area contributed by atoms with E-state index in [9.17, 15) is 19.1 Å². The second-order valence-corrected chi connectivity index (χ2v) is 9.53. The normalized spacial score (nSPS) is 20.9. The molecule has 35 heavy (non-hydrogen) atoms. The summed E-state index contributed by atoms with van der Waals surface area (Å²) in [5.74, 6) is -1.62. The highest BCUT2D eigenvalue weighted by atomic mass is 32.1. The molecule has 0 radical (unpaired) electrons. The third-order valence-electron chi connectivity index (χ3n) is 6.16. The van der Waals surface area contributed by atoms with Gasteiger partial charge in [0, 0.05) is 24.4 Å². The van der Waals surface area contributed by atoms with E-state index in [0.29, 0.717) is 27.8 Å². The number of pyridine rings is 1. The summed E-state index contributed by atoms with van der Waals surface area (Å²) in [6, 6.07) is 11.8. The first-order valence-corrected chi connectivity index (χ1v) is 11.8. The Morgan fingerprint density at radius 1 is 1.20 bits per heavy atom. The smallest absolute Gasteiger partial charge is 0.301 e. The fourth-order valence-corrected chi connectivity index (χ4v) is 5.61. The van der Waals surface area contributed by atoms with Crippen LogP contribution in [0.15, 0.2) is 66.5 Å². The number of Topliss-reactive ketones (excluding diaryl/α,β-unsaturated/α-hetero) is 1. The number of thiazole rings is 1. The van der Waals surface area contributed by atoms with Crippen molar-refractivity contribution in [3.8, 4) is 5.75 Å². The summed E-state index contributed by atoms with van der Waals surface area (Å²) < 4.78 is 20.0. The van der Waals surface area contributed by atoms with Gasteiger partial charge < -0.3 is 9.84 Å². The highest BCUT2D eigenvalue weighted by Crippen LogP contribution is 2.44. The maximum atomic E-state index is 13.8. The van der Waals surface area contributed by atoms with Crippen molar-refractivity contribution in [1.82, 2.24) is 9.97 Å². The quantitative estimate of drug-likeness (QED) is 0.254. The van der Waals surface area contributed by atoms with Crippen molar-refractivity contribution in [2.45, 2.75) is 25.5 Å². The van der Waals surface area contributed by atoms with E-state index in [4.69, 9.17) is 4.74 Å². The molecule has 1 fully saturated rings. The molecule has 0 aliphatic carbocycles. The predicted octanol–water partition coefficient (Wildman–Crippen LogP) is 4.78. The molecule has 0 unspecified atom stereocenters. The van der Waals surface area contributed by atoms with Crippen LogP contribution in [0.5, 0.6) is 5.75 Å². The number of aliphatic hydroxyl groups excluding tert-OH is 1. The molecule has 2 aliphatic heterocycles. The van der Waals surface area contributed by atoms with Gasteiger partial charge in [0.25, 0.3) is 5.78 Å². The number of halogens is 1. The van der Waals surface area contributed by atoms with E-state index >= 15 is 0 Å². The van der Waals surface area contributed by atoms with Crippen LogP contribution in [0.2, 0.25) is 0 Å². The molecular formula is C26H18FN3O4S. The fraction of sp³-hybridized carbons (Fsp3) is 0.154. The second-order valence-electron chi connectivity index (χ2n) is 8.52. The largest absolute Gasteiger partial charge is 0.507 e. The summed E-state index contributed by atoms with van der Waals surface area (Å²) in [5, 5.41) is 11.6. The second kappa shape index (κ2) is 7.99. The lowest BCUT2D eigenvalue weighted by molar-refractivity contribution is -0.132. The number of aliphatic hydroxyl groups is 1. The molecule has 4 heterocycles. The molecule has 9 heteroatoms. The van der Waals surface area contributed by atoms with Crippen LogP contribution in [0.1, 0.15) is 29.7 Å². The van der Waals surface area contributed by atoms with Crippen molar-refractivity contribution in [2.75, 3.05) is 4.90 Å². The van der Waals surface area contributed by atoms with Crippen LogP contribution in [0.4, 0.5) is 9.52 Å². The molecule has 1 amide bonds. The average molecular weight is 488 g/mol. The Labute approximate surface area is 203 Å². The van der Waals surface area contributed by atoms with Crippen LogP contribution < -0.4 is 9.64 Å². The molecule has 174 valence electrons. The monoisotopic (exact) mass is 487 g/mol. The summed E-state index contributed by atoms with van der Waals surface area (Å²) in [4.78, 5) is 36.5. The van der Waals surface area contributed by atoms with Gasteiger partial charge in [-0.15, -0.1) is 0 Å². The number of anilines is 1. The lowest BCUT2D eigenvalue weighted by Gasteiger charge is -2.22. The molecule has 7 nitrogen and oxygen atoms in total. The zero-order valence-electron chi connectivity index (χ0n) is 18.4. The molecular weight excluding hydrogens is 469 g/mol. The first-order chi connectivity index (χ1) is 16.9. The highest BCUT2D eigenvalue weighted by Gasteiger charge is 2.48. The Morgan fingerprint density at radius 2 is 2.06 bits per heavy atom. The van der Waals surface area contributed by atoms with Crippen molar-refractivity contribution in [1.29, 1.82) is 0 Å². The van der Waals surface area contributed by atoms with Crippen molar-refractivity contribution < 1.29 is 23.8 Å². The third-order valence-corrected chi connectivity index (χ3v) is 7.18. The maximum Gasteiger partial charge on any atom is 0.301 e. The summed E-state index contributed by atoms with van der Waals surface area (Å²) in [6.07, 6.45) is 3.83. The number of fused-ring (bicyclic) bond motifs is 2. The van der Waals surface area contributed by atoms with E-state index in [1.54, 1.807) is 42.7 Å². The van der Waals surface area contributed by atoms with Crippen molar-refractivity contribution >= 4 is 44.1 Å². The number of carbonyl (C=O) groups excluding carboxylic acids is 2. The van der Waals surface area contributed by atoms with Gasteiger partial charge in [-0.1, -0.05) is 17.4 Å². The van der Waals surface area contributed by atoms with Gasteiger partial charge in [-0.05, 0) is 60.5 Å². The minimum Gasteiger partial charge on any atom is -0.507 e. The Kier molecular flexibility index (Phi) is 4.89. The Bertz CT molecular complexity index is 1550. The molecule has 2 aromatic carbocycles. The van der Waals surface area contributed by atoms with Crippen LogP contribution in [0.3, 0.4) is 0 Å². The average Bonchev–Trinajstić information content (AvgIpc) is 3.51. The van der Waals surface area contributed by atoms with Gasteiger partial charge in [0.05, 0.1) is 21.8 Å². The lowest BCUT2D eigenvalue weighted by Crippen LogP contribution is -2.29. The SMILES string of the molecule is C[C@H]1Cc2cc(/C(O)=C3\C(=O)C(=O)N(c4nc5ccc(F)cc5s4)[C@@H]3c3cccnc3)ccc2O1. The number of hydrogen-bond donors (Lipinski definition) is 1. The molecule has 0 bridgehead atoms. The molecule has 6 rings (SSSR count). The number of ketones is 1. The van der Waals surface area contributed by atoms with Gasteiger partial charge in [0.1, 0.15) is 23.4 Å². The summed E-state index contributed by atoms with van der Waals surface area (Å²) in [7, 11) is 0. The molecule has 2 aromatic heterocycles. The first kappa shape index (κ1) is 21.4. The van der Waals surface area contributed by atoms with E-state index in [1.165, 1.54) is 23.1 Å². The van der Waals surface area contributed by atoms with Gasteiger partial charge in [-0.3, -0.25) is 19.5 Å². The van der Waals surface area contributed by atoms with Gasteiger partial charge >= 0.3 is 5.91 Å². The molecule has 0 spiro atoms. The number of benzene rings is 2. The first-order valence-electron chi connectivity index (χ1n) is 11.0. The zero-order chi connectivity index (χ0) is 24.3. The van der Waals surface area contributed by atoms with Crippen LogP contribution in [-0.4, -0.2) is 32.9 Å². The molecule has 1 N–H and O–H groups in total. The van der Waals surface area contributed by atoms with Crippen LogP contribution in [0, 0.1) is 5.82 Å². The minimum atomic E-state index is -0.947. The fourth-order valence-electron chi connectivity index (χ4n) is 4.60. The Morgan fingerprint density at radius 3 is 2.86 bits per heavy atom. The van der Waals surface area contributed by atoms with Gasteiger partial charge in [0.15, 0.2) is 5.13 Å². The van der Waals surface area contributed by atoms with Gasteiger partial charge in [-0.2, -0.15) is 0 Å². The number of aromatic nitrogens is 2. The van der Waals surface area contributed by atoms with Crippen molar-refractivity contribution in [3.63, 3.8) is 0 Å². The van der Waals surface area contributed by atoms with Crippen molar-refractivity contribution in [3.05, 3.63) is 89.0 Å². The van der Waals surface area contributed by atoms with E-state index < -0.39 is 23.5 Å². The van der Waals surface area contributed by atoms with Crippen LogP contribution >= 0.6 is 11.3 Å². The van der Waals surface area contributed by atoms with Gasteiger partial charge in [-0.25, -0.2) is 9.37 Å². The topological polar surface area (TPSA) is 92.6 Å². The number of amides is 1. The zero-order valence-corrected chi connectivity index (χ0v) is 19.3. The predicted molar refractivity (Wildman–Crippen MR) is 129 cm³/mol. The summed E-state index contributed by atoms with van der Waals surface area (Å²) in [6.45, 7) is 1.96. The molecule has 2 aliphatic rings. The maximum absolute atomic E-state index is 13.8. The number of nitrogens with zero attached hydrogens (tertiary/aromatic N) is 3. The summed E-state index contributed by atoms with van der Waals surface area (Å²) >= 11 is 1.10. The highest BCUT2D eigenvalue weighted by molar-refractivity contribution is 7.22. The molecule has 1 saturated heterocycles. The molecule has 4 aromatic rings. The summed E-state index contributed by atoms with van der Waals surface area (Å²) in [5.41, 5.74) is 2.32. The van der Waals surface area contributed by atoms with E-state index in [1.807, 2.05) is 6.92 Å². The number of rotatable bonds is 3. The number of carbonyl (C=O) groups is 2. The van der Waals surface area contributed by atoms with E-state index in [-0.39, 0.29) is 22.6 Å². The lowest BCUT2D eigenvalue weighted by atomic mass is 9.95.